The number of hydrogen-bond donors (Lipinski definition) is 0. The third-order valence-electron chi connectivity index (χ3n) is 4.25. The van der Waals surface area contributed by atoms with Crippen LogP contribution in [0, 0.1) is 10.1 Å². The molecule has 0 spiro atoms. The highest BCUT2D eigenvalue weighted by Crippen LogP contribution is 2.32. The average molecular weight is 414 g/mol. The number of nitro benzene ring substituents is 1. The standard InChI is InChI=1S/C18H14N4O4S2/c1-3-21-16-13(26-2)7-11(22(24)25)8-15(16)28-18(21)20-17(23)10-4-5-12-14(6-10)27-9-19-12/h4-9H,3H2,1-2H3. The van der Waals surface area contributed by atoms with Crippen molar-refractivity contribution in [1.29, 1.82) is 0 Å². The number of aromatic nitrogens is 2. The van der Waals surface area contributed by atoms with E-state index in [4.69, 9.17) is 4.74 Å². The van der Waals surface area contributed by atoms with Crippen molar-refractivity contribution >= 4 is 54.7 Å². The quantitative estimate of drug-likeness (QED) is 0.371. The molecular formula is C18H14N4O4S2. The van der Waals surface area contributed by atoms with E-state index in [-0.39, 0.29) is 11.6 Å². The maximum Gasteiger partial charge on any atom is 0.279 e. The van der Waals surface area contributed by atoms with Gasteiger partial charge in [0, 0.05) is 18.2 Å². The molecule has 10 heteroatoms. The molecule has 8 nitrogen and oxygen atoms in total. The summed E-state index contributed by atoms with van der Waals surface area (Å²) in [6.07, 6.45) is 0. The molecule has 1 amide bonds. The smallest absolute Gasteiger partial charge is 0.279 e. The van der Waals surface area contributed by atoms with E-state index in [1.165, 1.54) is 41.9 Å². The van der Waals surface area contributed by atoms with Crippen LogP contribution in [0.5, 0.6) is 5.75 Å². The van der Waals surface area contributed by atoms with Crippen molar-refractivity contribution in [3.05, 3.63) is 56.3 Å². The number of methoxy groups -OCH3 is 1. The van der Waals surface area contributed by atoms with Crippen LogP contribution in [0.15, 0.2) is 40.8 Å². The Kier molecular flexibility index (Phi) is 4.65. The van der Waals surface area contributed by atoms with Crippen molar-refractivity contribution in [1.82, 2.24) is 9.55 Å². The molecule has 2 aromatic heterocycles. The normalized spacial score (nSPS) is 12.0. The second kappa shape index (κ2) is 7.13. The van der Waals surface area contributed by atoms with E-state index in [1.807, 2.05) is 11.5 Å². The van der Waals surface area contributed by atoms with Crippen LogP contribution in [0.3, 0.4) is 0 Å². The highest BCUT2D eigenvalue weighted by atomic mass is 32.1. The van der Waals surface area contributed by atoms with Gasteiger partial charge < -0.3 is 9.30 Å². The van der Waals surface area contributed by atoms with E-state index in [2.05, 4.69) is 9.98 Å². The molecule has 0 atom stereocenters. The number of thiazole rings is 2. The number of fused-ring (bicyclic) bond motifs is 2. The molecule has 0 N–H and O–H groups in total. The number of aryl methyl sites for hydroxylation is 1. The molecule has 0 aliphatic carbocycles. The number of rotatable bonds is 4. The van der Waals surface area contributed by atoms with Gasteiger partial charge in [0.1, 0.15) is 5.52 Å². The Labute approximate surface area is 166 Å². The number of benzene rings is 2. The second-order valence-corrected chi connectivity index (χ2v) is 7.73. The first kappa shape index (κ1) is 18.3. The van der Waals surface area contributed by atoms with Crippen LogP contribution in [-0.2, 0) is 6.54 Å². The molecule has 0 aliphatic rings. The van der Waals surface area contributed by atoms with E-state index in [0.717, 1.165) is 10.2 Å². The SMILES string of the molecule is CCn1c(=NC(=O)c2ccc3ncsc3c2)sc2cc([N+](=O)[O-])cc(OC)c21. The third kappa shape index (κ3) is 3.06. The Morgan fingerprint density at radius 2 is 2.14 bits per heavy atom. The van der Waals surface area contributed by atoms with Gasteiger partial charge in [-0.25, -0.2) is 4.98 Å². The van der Waals surface area contributed by atoms with Crippen LogP contribution in [-0.4, -0.2) is 27.5 Å². The largest absolute Gasteiger partial charge is 0.494 e. The first-order valence-electron chi connectivity index (χ1n) is 8.30. The van der Waals surface area contributed by atoms with Crippen molar-refractivity contribution < 1.29 is 14.5 Å². The lowest BCUT2D eigenvalue weighted by atomic mass is 10.2. The molecule has 0 unspecified atom stereocenters. The van der Waals surface area contributed by atoms with Gasteiger partial charge in [-0.3, -0.25) is 14.9 Å². The second-order valence-electron chi connectivity index (χ2n) is 5.83. The van der Waals surface area contributed by atoms with Crippen LogP contribution in [0.2, 0.25) is 0 Å². The Balaban J connectivity index is 1.89. The van der Waals surface area contributed by atoms with E-state index in [1.54, 1.807) is 23.7 Å². The summed E-state index contributed by atoms with van der Waals surface area (Å²) in [6, 6.07) is 8.11. The topological polar surface area (TPSA) is 99.6 Å². The van der Waals surface area contributed by atoms with Crippen LogP contribution in [0.4, 0.5) is 5.69 Å². The van der Waals surface area contributed by atoms with Crippen LogP contribution < -0.4 is 9.54 Å². The molecule has 2 heterocycles. The first-order chi connectivity index (χ1) is 13.5. The zero-order valence-corrected chi connectivity index (χ0v) is 16.5. The zero-order chi connectivity index (χ0) is 19.8. The van der Waals surface area contributed by atoms with Crippen molar-refractivity contribution in [3.63, 3.8) is 0 Å². The van der Waals surface area contributed by atoms with Crippen molar-refractivity contribution in [3.8, 4) is 5.75 Å². The number of carbonyl (C=O) groups is 1. The van der Waals surface area contributed by atoms with Crippen molar-refractivity contribution in [2.75, 3.05) is 7.11 Å². The minimum atomic E-state index is -0.468. The number of carbonyl (C=O) groups excluding carboxylic acids is 1. The van der Waals surface area contributed by atoms with Gasteiger partial charge in [0.05, 0.1) is 38.5 Å². The number of hydrogen-bond acceptors (Lipinski definition) is 7. The summed E-state index contributed by atoms with van der Waals surface area (Å²) in [4.78, 5) is 32.4. The average Bonchev–Trinajstić information content (AvgIpc) is 3.29. The van der Waals surface area contributed by atoms with E-state index in [9.17, 15) is 14.9 Å². The van der Waals surface area contributed by atoms with Gasteiger partial charge in [0.25, 0.3) is 11.6 Å². The van der Waals surface area contributed by atoms with Crippen molar-refractivity contribution in [2.24, 2.45) is 4.99 Å². The number of ether oxygens (including phenoxy) is 1. The molecule has 142 valence electrons. The molecule has 28 heavy (non-hydrogen) atoms. The Hall–Kier alpha value is -3.11. The van der Waals surface area contributed by atoms with Crippen LogP contribution >= 0.6 is 22.7 Å². The maximum atomic E-state index is 12.7. The molecule has 2 aromatic carbocycles. The molecule has 4 rings (SSSR count). The number of nitrogens with zero attached hydrogens (tertiary/aromatic N) is 4. The van der Waals surface area contributed by atoms with Gasteiger partial charge in [0.2, 0.25) is 0 Å². The molecule has 0 aliphatic heterocycles. The minimum Gasteiger partial charge on any atom is -0.494 e. The third-order valence-corrected chi connectivity index (χ3v) is 6.07. The van der Waals surface area contributed by atoms with E-state index < -0.39 is 4.92 Å². The predicted octanol–water partition coefficient (Wildman–Crippen LogP) is 3.99. The Morgan fingerprint density at radius 1 is 1.32 bits per heavy atom. The first-order valence-corrected chi connectivity index (χ1v) is 9.99. The maximum absolute atomic E-state index is 12.7. The molecule has 0 bridgehead atoms. The fourth-order valence-electron chi connectivity index (χ4n) is 2.94. The van der Waals surface area contributed by atoms with Gasteiger partial charge >= 0.3 is 0 Å². The summed E-state index contributed by atoms with van der Waals surface area (Å²) in [5.41, 5.74) is 3.65. The van der Waals surface area contributed by atoms with Crippen LogP contribution in [0.1, 0.15) is 17.3 Å². The number of non-ortho nitro benzene ring substituents is 1. The summed E-state index contributed by atoms with van der Waals surface area (Å²) in [7, 11) is 1.46. The summed E-state index contributed by atoms with van der Waals surface area (Å²) >= 11 is 2.68. The van der Waals surface area contributed by atoms with Gasteiger partial charge in [-0.2, -0.15) is 4.99 Å². The monoisotopic (exact) mass is 414 g/mol. The molecule has 0 saturated carbocycles. The lowest BCUT2D eigenvalue weighted by molar-refractivity contribution is -0.384. The fourth-order valence-corrected chi connectivity index (χ4v) is 4.80. The predicted molar refractivity (Wildman–Crippen MR) is 108 cm³/mol. The molecule has 4 aromatic rings. The van der Waals surface area contributed by atoms with Gasteiger partial charge in [-0.05, 0) is 25.1 Å². The summed E-state index contributed by atoms with van der Waals surface area (Å²) in [5, 5.41) is 11.2. The lowest BCUT2D eigenvalue weighted by Gasteiger charge is -2.06. The van der Waals surface area contributed by atoms with E-state index >= 15 is 0 Å². The minimum absolute atomic E-state index is 0.0672. The summed E-state index contributed by atoms with van der Waals surface area (Å²) < 4.78 is 8.73. The highest BCUT2D eigenvalue weighted by molar-refractivity contribution is 7.17. The zero-order valence-electron chi connectivity index (χ0n) is 14.9. The van der Waals surface area contributed by atoms with Gasteiger partial charge in [-0.15, -0.1) is 11.3 Å². The van der Waals surface area contributed by atoms with Gasteiger partial charge in [0.15, 0.2) is 10.6 Å². The molecule has 0 radical (unpaired) electrons. The Bertz CT molecular complexity index is 1300. The fraction of sp³-hybridized carbons (Fsp3) is 0.167. The summed E-state index contributed by atoms with van der Waals surface area (Å²) in [5.74, 6) is -0.000184. The molecule has 0 saturated heterocycles. The number of nitro groups is 1. The lowest BCUT2D eigenvalue weighted by Crippen LogP contribution is -2.16. The van der Waals surface area contributed by atoms with Crippen molar-refractivity contribution in [2.45, 2.75) is 13.5 Å². The number of amides is 1. The summed E-state index contributed by atoms with van der Waals surface area (Å²) in [6.45, 7) is 2.45. The highest BCUT2D eigenvalue weighted by Gasteiger charge is 2.18. The molecule has 0 fully saturated rings. The van der Waals surface area contributed by atoms with Gasteiger partial charge in [-0.1, -0.05) is 11.3 Å². The van der Waals surface area contributed by atoms with Crippen LogP contribution in [0.25, 0.3) is 20.4 Å². The van der Waals surface area contributed by atoms with E-state index in [0.29, 0.717) is 32.9 Å². The Morgan fingerprint density at radius 3 is 2.86 bits per heavy atom. The molecular weight excluding hydrogens is 400 g/mol.